The molecule has 2 aromatic rings. The maximum absolute atomic E-state index is 5.66. The zero-order valence-electron chi connectivity index (χ0n) is 6.90. The Kier molecular flexibility index (Phi) is 3.52. The highest BCUT2D eigenvalue weighted by atomic mass is 35.5. The minimum absolute atomic E-state index is 0. The Morgan fingerprint density at radius 3 is 2.54 bits per heavy atom. The molecule has 1 heterocycles. The predicted molar refractivity (Wildman–Crippen MR) is 58.5 cm³/mol. The number of aromatic nitrogens is 1. The van der Waals surface area contributed by atoms with Crippen molar-refractivity contribution >= 4 is 34.8 Å². The second kappa shape index (κ2) is 4.45. The Hall–Kier alpha value is -0.790. The van der Waals surface area contributed by atoms with Gasteiger partial charge in [-0.05, 0) is 11.5 Å². The van der Waals surface area contributed by atoms with Gasteiger partial charge in [-0.2, -0.15) is 0 Å². The third kappa shape index (κ3) is 2.11. The van der Waals surface area contributed by atoms with Crippen molar-refractivity contribution in [2.24, 2.45) is 0 Å². The molecule has 0 spiro atoms. The van der Waals surface area contributed by atoms with Crippen LogP contribution in [-0.2, 0) is 5.88 Å². The van der Waals surface area contributed by atoms with Crippen LogP contribution in [0, 0.1) is 0 Å². The second-order valence-corrected chi connectivity index (χ2v) is 2.92. The van der Waals surface area contributed by atoms with Crippen LogP contribution in [0.15, 0.2) is 36.5 Å². The third-order valence-corrected chi connectivity index (χ3v) is 2.10. The largest absolute Gasteiger partial charge is 0.259 e. The molecule has 0 atom stereocenters. The Labute approximate surface area is 88.2 Å². The maximum atomic E-state index is 5.66. The van der Waals surface area contributed by atoms with Crippen molar-refractivity contribution in [1.29, 1.82) is 0 Å². The van der Waals surface area contributed by atoms with Gasteiger partial charge in [0.2, 0.25) is 0 Å². The molecule has 0 radical (unpaired) electrons. The molecule has 0 N–H and O–H groups in total. The first-order chi connectivity index (χ1) is 5.90. The number of benzene rings is 1. The minimum Gasteiger partial charge on any atom is -0.259 e. The summed E-state index contributed by atoms with van der Waals surface area (Å²) in [5.74, 6) is 0.477. The summed E-state index contributed by atoms with van der Waals surface area (Å²) in [5.41, 5.74) is 0.926. The van der Waals surface area contributed by atoms with E-state index in [0.29, 0.717) is 5.88 Å². The van der Waals surface area contributed by atoms with E-state index in [1.807, 2.05) is 30.5 Å². The van der Waals surface area contributed by atoms with E-state index in [2.05, 4.69) is 11.1 Å². The number of hydrogen-bond acceptors (Lipinski definition) is 1. The van der Waals surface area contributed by atoms with E-state index in [9.17, 15) is 0 Å². The number of pyridine rings is 1. The summed E-state index contributed by atoms with van der Waals surface area (Å²) in [5, 5.41) is 2.36. The average Bonchev–Trinajstić information content (AvgIpc) is 2.17. The molecule has 0 aliphatic rings. The highest BCUT2D eigenvalue weighted by molar-refractivity contribution is 6.17. The van der Waals surface area contributed by atoms with Crippen molar-refractivity contribution in [2.75, 3.05) is 0 Å². The zero-order chi connectivity index (χ0) is 8.39. The van der Waals surface area contributed by atoms with Crippen LogP contribution in [0.5, 0.6) is 0 Å². The first kappa shape index (κ1) is 10.3. The van der Waals surface area contributed by atoms with Crippen LogP contribution >= 0.6 is 24.0 Å². The van der Waals surface area contributed by atoms with Crippen molar-refractivity contribution in [3.8, 4) is 0 Å². The highest BCUT2D eigenvalue weighted by Gasteiger charge is 1.94. The van der Waals surface area contributed by atoms with Crippen LogP contribution < -0.4 is 0 Å². The predicted octanol–water partition coefficient (Wildman–Crippen LogP) is 3.40. The molecule has 0 saturated carbocycles. The fourth-order valence-corrected chi connectivity index (χ4v) is 1.35. The van der Waals surface area contributed by atoms with Crippen molar-refractivity contribution in [3.63, 3.8) is 0 Å². The number of hydrogen-bond donors (Lipinski definition) is 0. The molecule has 0 aliphatic heterocycles. The first-order valence-corrected chi connectivity index (χ1v) is 4.33. The van der Waals surface area contributed by atoms with Gasteiger partial charge in [-0.1, -0.05) is 24.3 Å². The Morgan fingerprint density at radius 1 is 1.15 bits per heavy atom. The summed E-state index contributed by atoms with van der Waals surface area (Å²) < 4.78 is 0. The lowest BCUT2D eigenvalue weighted by molar-refractivity contribution is 1.19. The molecular formula is C10H9Cl2N. The van der Waals surface area contributed by atoms with Crippen LogP contribution in [0.2, 0.25) is 0 Å². The van der Waals surface area contributed by atoms with Crippen LogP contribution in [0.1, 0.15) is 5.69 Å². The molecule has 0 aliphatic carbocycles. The third-order valence-electron chi connectivity index (χ3n) is 1.82. The lowest BCUT2D eigenvalue weighted by Crippen LogP contribution is -1.83. The van der Waals surface area contributed by atoms with Crippen molar-refractivity contribution in [2.45, 2.75) is 5.88 Å². The molecule has 2 rings (SSSR count). The molecule has 0 unspecified atom stereocenters. The quantitative estimate of drug-likeness (QED) is 0.663. The first-order valence-electron chi connectivity index (χ1n) is 3.80. The summed E-state index contributed by atoms with van der Waals surface area (Å²) in [6.45, 7) is 0. The molecular weight excluding hydrogens is 205 g/mol. The van der Waals surface area contributed by atoms with Crippen molar-refractivity contribution in [3.05, 3.63) is 42.2 Å². The highest BCUT2D eigenvalue weighted by Crippen LogP contribution is 2.13. The summed E-state index contributed by atoms with van der Waals surface area (Å²) in [4.78, 5) is 4.19. The molecule has 1 nitrogen and oxygen atoms in total. The lowest BCUT2D eigenvalue weighted by Gasteiger charge is -1.97. The summed E-state index contributed by atoms with van der Waals surface area (Å²) in [6.07, 6.45) is 1.85. The fraction of sp³-hybridized carbons (Fsp3) is 0.100. The average molecular weight is 214 g/mol. The Morgan fingerprint density at radius 2 is 1.85 bits per heavy atom. The van der Waals surface area contributed by atoms with E-state index < -0.39 is 0 Å². The molecule has 13 heavy (non-hydrogen) atoms. The monoisotopic (exact) mass is 213 g/mol. The molecule has 1 aromatic carbocycles. The smallest absolute Gasteiger partial charge is 0.0647 e. The van der Waals surface area contributed by atoms with Crippen LogP contribution in [-0.4, -0.2) is 4.98 Å². The number of rotatable bonds is 1. The van der Waals surface area contributed by atoms with E-state index in [4.69, 9.17) is 11.6 Å². The Bertz CT molecular complexity index is 401. The SMILES string of the molecule is Cl.ClCc1cc2ccccc2cn1. The molecule has 0 amide bonds. The van der Waals surface area contributed by atoms with Gasteiger partial charge in [0.05, 0.1) is 11.6 Å². The Balaban J connectivity index is 0.000000845. The van der Waals surface area contributed by atoms with Gasteiger partial charge in [0, 0.05) is 11.6 Å². The number of alkyl halides is 1. The molecule has 0 fully saturated rings. The van der Waals surface area contributed by atoms with Crippen LogP contribution in [0.4, 0.5) is 0 Å². The van der Waals surface area contributed by atoms with Crippen molar-refractivity contribution in [1.82, 2.24) is 4.98 Å². The van der Waals surface area contributed by atoms with Gasteiger partial charge in [0.15, 0.2) is 0 Å². The maximum Gasteiger partial charge on any atom is 0.0647 e. The number of fused-ring (bicyclic) bond motifs is 1. The topological polar surface area (TPSA) is 12.9 Å². The van der Waals surface area contributed by atoms with Gasteiger partial charge in [-0.25, -0.2) is 0 Å². The van der Waals surface area contributed by atoms with E-state index in [-0.39, 0.29) is 12.4 Å². The summed E-state index contributed by atoms with van der Waals surface area (Å²) in [7, 11) is 0. The molecule has 0 bridgehead atoms. The van der Waals surface area contributed by atoms with Gasteiger partial charge in [-0.3, -0.25) is 4.98 Å². The van der Waals surface area contributed by atoms with E-state index in [0.717, 1.165) is 11.1 Å². The molecule has 3 heteroatoms. The standard InChI is InChI=1S/C10H8ClN.ClH/c11-6-10-5-8-3-1-2-4-9(8)7-12-10;/h1-5,7H,6H2;1H. The normalized spacial score (nSPS) is 9.62. The van der Waals surface area contributed by atoms with Gasteiger partial charge < -0.3 is 0 Å². The van der Waals surface area contributed by atoms with Gasteiger partial charge >= 0.3 is 0 Å². The molecule has 0 saturated heterocycles. The lowest BCUT2D eigenvalue weighted by atomic mass is 10.1. The summed E-state index contributed by atoms with van der Waals surface area (Å²) in [6, 6.07) is 10.1. The van der Waals surface area contributed by atoms with Gasteiger partial charge in [0.25, 0.3) is 0 Å². The van der Waals surface area contributed by atoms with Crippen molar-refractivity contribution < 1.29 is 0 Å². The molecule has 68 valence electrons. The minimum atomic E-state index is 0. The second-order valence-electron chi connectivity index (χ2n) is 2.66. The van der Waals surface area contributed by atoms with E-state index in [1.54, 1.807) is 0 Å². The van der Waals surface area contributed by atoms with Crippen LogP contribution in [0.3, 0.4) is 0 Å². The number of nitrogens with zero attached hydrogens (tertiary/aromatic N) is 1. The summed E-state index contributed by atoms with van der Waals surface area (Å²) >= 11 is 5.66. The molecule has 1 aromatic heterocycles. The fourth-order valence-electron chi connectivity index (χ4n) is 1.20. The number of halogens is 2. The van der Waals surface area contributed by atoms with Crippen LogP contribution in [0.25, 0.3) is 10.8 Å². The van der Waals surface area contributed by atoms with E-state index >= 15 is 0 Å². The van der Waals surface area contributed by atoms with Gasteiger partial charge in [0.1, 0.15) is 0 Å². The zero-order valence-corrected chi connectivity index (χ0v) is 8.48. The van der Waals surface area contributed by atoms with E-state index in [1.165, 1.54) is 5.39 Å². The van der Waals surface area contributed by atoms with Gasteiger partial charge in [-0.15, -0.1) is 24.0 Å².